The summed E-state index contributed by atoms with van der Waals surface area (Å²) < 4.78 is 13.2. The van der Waals surface area contributed by atoms with E-state index in [0.717, 1.165) is 36.5 Å². The smallest absolute Gasteiger partial charge is 0.100 e. The van der Waals surface area contributed by atoms with Gasteiger partial charge in [0.2, 0.25) is 0 Å². The van der Waals surface area contributed by atoms with Crippen LogP contribution in [0.15, 0.2) is 0 Å². The van der Waals surface area contributed by atoms with Crippen LogP contribution in [-0.4, -0.2) is 6.17 Å². The lowest BCUT2D eigenvalue weighted by Crippen LogP contribution is -2.29. The quantitative estimate of drug-likeness (QED) is 0.583. The Hall–Kier alpha value is -0.0700. The Balaban J connectivity index is 1.44. The van der Waals surface area contributed by atoms with Crippen LogP contribution >= 0.6 is 0 Å². The van der Waals surface area contributed by atoms with Crippen LogP contribution in [0.2, 0.25) is 0 Å². The first-order valence-electron chi connectivity index (χ1n) is 8.97. The maximum Gasteiger partial charge on any atom is 0.100 e. The first-order valence-corrected chi connectivity index (χ1v) is 8.97. The van der Waals surface area contributed by atoms with Crippen molar-refractivity contribution in [2.24, 2.45) is 23.7 Å². The largest absolute Gasteiger partial charge is 0.247 e. The van der Waals surface area contributed by atoms with Crippen LogP contribution in [0.25, 0.3) is 0 Å². The zero-order valence-corrected chi connectivity index (χ0v) is 12.5. The topological polar surface area (TPSA) is 0 Å². The van der Waals surface area contributed by atoms with Crippen LogP contribution in [0.3, 0.4) is 0 Å². The Morgan fingerprint density at radius 3 is 1.26 bits per heavy atom. The maximum atomic E-state index is 13.2. The van der Waals surface area contributed by atoms with Crippen molar-refractivity contribution in [1.29, 1.82) is 0 Å². The molecule has 0 atom stereocenters. The van der Waals surface area contributed by atoms with Gasteiger partial charge in [-0.1, -0.05) is 32.1 Å². The van der Waals surface area contributed by atoms with E-state index in [4.69, 9.17) is 0 Å². The summed E-state index contributed by atoms with van der Waals surface area (Å²) in [5, 5.41) is 0. The summed E-state index contributed by atoms with van der Waals surface area (Å²) in [5.41, 5.74) is 0. The molecule has 0 nitrogen and oxygen atoms in total. The van der Waals surface area contributed by atoms with E-state index in [0.29, 0.717) is 0 Å². The molecular weight excluding hydrogens is 235 g/mol. The van der Waals surface area contributed by atoms with Gasteiger partial charge in [0.25, 0.3) is 0 Å². The fraction of sp³-hybridized carbons (Fsp3) is 1.00. The second kappa shape index (κ2) is 6.59. The van der Waals surface area contributed by atoms with Gasteiger partial charge in [-0.2, -0.15) is 0 Å². The number of rotatable bonds is 2. The highest BCUT2D eigenvalue weighted by atomic mass is 19.1. The van der Waals surface area contributed by atoms with E-state index in [2.05, 4.69) is 0 Å². The fourth-order valence-electron chi connectivity index (χ4n) is 5.24. The van der Waals surface area contributed by atoms with Gasteiger partial charge in [-0.25, -0.2) is 4.39 Å². The van der Waals surface area contributed by atoms with Crippen molar-refractivity contribution in [1.82, 2.24) is 0 Å². The number of hydrogen-bond acceptors (Lipinski definition) is 0. The van der Waals surface area contributed by atoms with E-state index in [9.17, 15) is 4.39 Å². The Bertz CT molecular complexity index is 253. The lowest BCUT2D eigenvalue weighted by Gasteiger charge is -2.39. The summed E-state index contributed by atoms with van der Waals surface area (Å²) >= 11 is 0. The Labute approximate surface area is 118 Å². The lowest BCUT2D eigenvalue weighted by atomic mass is 9.66. The third-order valence-corrected chi connectivity index (χ3v) is 6.50. The molecule has 0 saturated heterocycles. The molecule has 0 aromatic rings. The molecule has 3 saturated carbocycles. The van der Waals surface area contributed by atoms with E-state index in [1.165, 1.54) is 70.6 Å². The predicted octanol–water partition coefficient (Wildman–Crippen LogP) is 5.90. The summed E-state index contributed by atoms with van der Waals surface area (Å²) in [5.74, 6) is 3.94. The van der Waals surface area contributed by atoms with Crippen molar-refractivity contribution in [3.63, 3.8) is 0 Å². The maximum absolute atomic E-state index is 13.2. The van der Waals surface area contributed by atoms with E-state index < -0.39 is 6.17 Å². The van der Waals surface area contributed by atoms with Gasteiger partial charge in [0.15, 0.2) is 0 Å². The molecule has 0 unspecified atom stereocenters. The molecule has 19 heavy (non-hydrogen) atoms. The second-order valence-electron chi connectivity index (χ2n) is 7.59. The minimum Gasteiger partial charge on any atom is -0.247 e. The average molecular weight is 266 g/mol. The number of hydrogen-bond donors (Lipinski definition) is 0. The van der Waals surface area contributed by atoms with Crippen LogP contribution in [0.1, 0.15) is 83.5 Å². The third-order valence-electron chi connectivity index (χ3n) is 6.50. The van der Waals surface area contributed by atoms with Crippen molar-refractivity contribution in [3.8, 4) is 0 Å². The first-order chi connectivity index (χ1) is 9.33. The SMILES string of the molecule is FC1CCC(C2CCC(C3CCCCC3)CC2)CC1. The highest BCUT2D eigenvalue weighted by Gasteiger charge is 2.33. The third kappa shape index (κ3) is 3.52. The van der Waals surface area contributed by atoms with Gasteiger partial charge in [0.1, 0.15) is 6.17 Å². The highest BCUT2D eigenvalue weighted by Crippen LogP contribution is 2.44. The predicted molar refractivity (Wildman–Crippen MR) is 78.9 cm³/mol. The molecular formula is C18H31F. The van der Waals surface area contributed by atoms with Crippen molar-refractivity contribution in [2.75, 3.05) is 0 Å². The van der Waals surface area contributed by atoms with Gasteiger partial charge in [0, 0.05) is 0 Å². The molecule has 0 aromatic heterocycles. The molecule has 0 bridgehead atoms. The Morgan fingerprint density at radius 2 is 0.789 bits per heavy atom. The molecule has 0 amide bonds. The minimum absolute atomic E-state index is 0.477. The molecule has 3 rings (SSSR count). The van der Waals surface area contributed by atoms with Gasteiger partial charge < -0.3 is 0 Å². The monoisotopic (exact) mass is 266 g/mol. The van der Waals surface area contributed by atoms with Crippen LogP contribution in [0, 0.1) is 23.7 Å². The molecule has 110 valence electrons. The summed E-state index contributed by atoms with van der Waals surface area (Å²) in [6, 6.07) is 0. The van der Waals surface area contributed by atoms with Gasteiger partial charge >= 0.3 is 0 Å². The normalized spacial score (nSPS) is 42.2. The molecule has 0 aromatic carbocycles. The van der Waals surface area contributed by atoms with Gasteiger partial charge in [-0.15, -0.1) is 0 Å². The zero-order chi connectivity index (χ0) is 13.1. The van der Waals surface area contributed by atoms with Gasteiger partial charge in [-0.05, 0) is 75.0 Å². The van der Waals surface area contributed by atoms with Crippen LogP contribution < -0.4 is 0 Å². The second-order valence-corrected chi connectivity index (χ2v) is 7.59. The first kappa shape index (κ1) is 13.9. The summed E-state index contributed by atoms with van der Waals surface area (Å²) in [7, 11) is 0. The van der Waals surface area contributed by atoms with Crippen molar-refractivity contribution in [3.05, 3.63) is 0 Å². The standard InChI is InChI=1S/C18H31F/c19-18-12-10-17(11-13-18)16-8-6-15(7-9-16)14-4-2-1-3-5-14/h14-18H,1-13H2. The van der Waals surface area contributed by atoms with E-state index in [1.54, 1.807) is 0 Å². The Morgan fingerprint density at radius 1 is 0.421 bits per heavy atom. The Kier molecular flexibility index (Phi) is 4.82. The fourth-order valence-corrected chi connectivity index (χ4v) is 5.24. The van der Waals surface area contributed by atoms with Crippen molar-refractivity contribution < 1.29 is 4.39 Å². The number of halogens is 1. The molecule has 0 aliphatic heterocycles. The summed E-state index contributed by atoms with van der Waals surface area (Å²) in [6.07, 6.45) is 17.0. The summed E-state index contributed by atoms with van der Waals surface area (Å²) in [6.45, 7) is 0. The molecule has 1 heteroatoms. The minimum atomic E-state index is -0.477. The molecule has 3 fully saturated rings. The van der Waals surface area contributed by atoms with Gasteiger partial charge in [0.05, 0.1) is 0 Å². The molecule has 0 radical (unpaired) electrons. The molecule has 0 N–H and O–H groups in total. The molecule has 0 heterocycles. The number of alkyl halides is 1. The summed E-state index contributed by atoms with van der Waals surface area (Å²) in [4.78, 5) is 0. The van der Waals surface area contributed by atoms with Crippen molar-refractivity contribution in [2.45, 2.75) is 89.6 Å². The van der Waals surface area contributed by atoms with Crippen LogP contribution in [0.5, 0.6) is 0 Å². The van der Waals surface area contributed by atoms with Crippen LogP contribution in [-0.2, 0) is 0 Å². The van der Waals surface area contributed by atoms with Crippen LogP contribution in [0.4, 0.5) is 4.39 Å². The van der Waals surface area contributed by atoms with Crippen molar-refractivity contribution >= 4 is 0 Å². The average Bonchev–Trinajstić information content (AvgIpc) is 2.49. The van der Waals surface area contributed by atoms with E-state index in [-0.39, 0.29) is 0 Å². The highest BCUT2D eigenvalue weighted by molar-refractivity contribution is 4.84. The van der Waals surface area contributed by atoms with E-state index in [1.807, 2.05) is 0 Å². The molecule has 0 spiro atoms. The van der Waals surface area contributed by atoms with E-state index >= 15 is 0 Å². The zero-order valence-electron chi connectivity index (χ0n) is 12.5. The molecule has 3 aliphatic rings. The van der Waals surface area contributed by atoms with Gasteiger partial charge in [-0.3, -0.25) is 0 Å². The lowest BCUT2D eigenvalue weighted by molar-refractivity contribution is 0.104. The molecule has 3 aliphatic carbocycles.